The molecule has 2 aromatic carbocycles. The third-order valence-corrected chi connectivity index (χ3v) is 5.41. The summed E-state index contributed by atoms with van der Waals surface area (Å²) >= 11 is 17.8. The molecule has 0 aliphatic rings. The van der Waals surface area contributed by atoms with Gasteiger partial charge in [-0.05, 0) is 67.9 Å². The smallest absolute Gasteiger partial charge is 0.191 e. The maximum atomic E-state index is 6.50. The lowest BCUT2D eigenvalue weighted by Crippen LogP contribution is -2.24. The number of aromatic nitrogens is 2. The molecule has 3 rings (SSSR count). The first kappa shape index (κ1) is 21.3. The second kappa shape index (κ2) is 9.39. The minimum absolute atomic E-state index is 0.400. The Labute approximate surface area is 185 Å². The highest BCUT2D eigenvalue weighted by Gasteiger charge is 2.12. The number of hydrazone groups is 1. The van der Waals surface area contributed by atoms with Crippen LogP contribution in [0.2, 0.25) is 10.2 Å². The summed E-state index contributed by atoms with van der Waals surface area (Å²) in [6.45, 7) is 6.53. The normalized spacial score (nSPS) is 11.1. The van der Waals surface area contributed by atoms with Crippen molar-refractivity contribution in [2.24, 2.45) is 5.10 Å². The van der Waals surface area contributed by atoms with Crippen LogP contribution >= 0.6 is 35.4 Å². The molecule has 0 bridgehead atoms. The third kappa shape index (κ3) is 5.35. The van der Waals surface area contributed by atoms with Crippen LogP contribution in [0, 0.1) is 20.8 Å². The third-order valence-electron chi connectivity index (χ3n) is 4.57. The van der Waals surface area contributed by atoms with E-state index in [0.29, 0.717) is 21.8 Å². The number of nitrogens with zero attached hydrogens (tertiary/aromatic N) is 3. The lowest BCUT2D eigenvalue weighted by molar-refractivity contribution is 0.680. The van der Waals surface area contributed by atoms with Crippen LogP contribution in [0.15, 0.2) is 47.6 Å². The highest BCUT2D eigenvalue weighted by molar-refractivity contribution is 7.80. The SMILES string of the molecule is Cc1cccc(NC(=S)NN=Cc2c(C)nn(Cc3ccc(Cl)cc3)c2Cl)c1C. The predicted octanol–water partition coefficient (Wildman–Crippen LogP) is 5.48. The first-order valence-electron chi connectivity index (χ1n) is 8.98. The van der Waals surface area contributed by atoms with E-state index in [1.165, 1.54) is 5.56 Å². The molecule has 1 aromatic heterocycles. The summed E-state index contributed by atoms with van der Waals surface area (Å²) in [7, 11) is 0. The molecule has 150 valence electrons. The summed E-state index contributed by atoms with van der Waals surface area (Å²) < 4.78 is 1.73. The zero-order valence-electron chi connectivity index (χ0n) is 16.3. The molecule has 0 amide bonds. The number of anilines is 1. The zero-order chi connectivity index (χ0) is 21.0. The van der Waals surface area contributed by atoms with Crippen molar-refractivity contribution in [3.63, 3.8) is 0 Å². The molecule has 5 nitrogen and oxygen atoms in total. The monoisotopic (exact) mass is 445 g/mol. The largest absolute Gasteiger partial charge is 0.331 e. The summed E-state index contributed by atoms with van der Waals surface area (Å²) in [6, 6.07) is 13.6. The van der Waals surface area contributed by atoms with Gasteiger partial charge in [-0.3, -0.25) is 5.43 Å². The second-order valence-electron chi connectivity index (χ2n) is 6.65. The van der Waals surface area contributed by atoms with E-state index in [9.17, 15) is 0 Å². The highest BCUT2D eigenvalue weighted by Crippen LogP contribution is 2.20. The highest BCUT2D eigenvalue weighted by atomic mass is 35.5. The van der Waals surface area contributed by atoms with Gasteiger partial charge in [-0.15, -0.1) is 0 Å². The molecule has 0 unspecified atom stereocenters. The molecule has 0 saturated carbocycles. The fourth-order valence-electron chi connectivity index (χ4n) is 2.77. The van der Waals surface area contributed by atoms with Gasteiger partial charge in [0.05, 0.1) is 24.0 Å². The van der Waals surface area contributed by atoms with Crippen molar-refractivity contribution in [3.05, 3.63) is 80.6 Å². The molecule has 0 aliphatic carbocycles. The van der Waals surface area contributed by atoms with Gasteiger partial charge in [0.2, 0.25) is 0 Å². The Morgan fingerprint density at radius 2 is 1.86 bits per heavy atom. The molecule has 3 aromatic rings. The maximum absolute atomic E-state index is 6.50. The van der Waals surface area contributed by atoms with Crippen LogP contribution in [0.25, 0.3) is 0 Å². The van der Waals surface area contributed by atoms with Gasteiger partial charge in [0.1, 0.15) is 5.15 Å². The van der Waals surface area contributed by atoms with E-state index in [-0.39, 0.29) is 0 Å². The van der Waals surface area contributed by atoms with Gasteiger partial charge < -0.3 is 5.32 Å². The van der Waals surface area contributed by atoms with E-state index < -0.39 is 0 Å². The Bertz CT molecular complexity index is 1060. The van der Waals surface area contributed by atoms with Gasteiger partial charge in [0.15, 0.2) is 5.11 Å². The quantitative estimate of drug-likeness (QED) is 0.310. The number of hydrogen-bond donors (Lipinski definition) is 2. The van der Waals surface area contributed by atoms with Crippen molar-refractivity contribution >= 4 is 52.4 Å². The molecule has 1 heterocycles. The van der Waals surface area contributed by atoms with Gasteiger partial charge in [-0.1, -0.05) is 47.5 Å². The van der Waals surface area contributed by atoms with Crippen LogP contribution in [0.3, 0.4) is 0 Å². The number of hydrogen-bond acceptors (Lipinski definition) is 3. The molecule has 8 heteroatoms. The predicted molar refractivity (Wildman–Crippen MR) is 125 cm³/mol. The molecule has 0 spiro atoms. The minimum atomic E-state index is 0.400. The lowest BCUT2D eigenvalue weighted by atomic mass is 10.1. The summed E-state index contributed by atoms with van der Waals surface area (Å²) in [5, 5.41) is 13.5. The summed E-state index contributed by atoms with van der Waals surface area (Å²) in [4.78, 5) is 0. The van der Waals surface area contributed by atoms with Crippen LogP contribution in [-0.4, -0.2) is 21.1 Å². The fraction of sp³-hybridized carbons (Fsp3) is 0.190. The molecule has 2 N–H and O–H groups in total. The van der Waals surface area contributed by atoms with Crippen LogP contribution in [0.5, 0.6) is 0 Å². The number of thiocarbonyl (C=S) groups is 1. The molecule has 29 heavy (non-hydrogen) atoms. The van der Waals surface area contributed by atoms with E-state index in [0.717, 1.165) is 28.1 Å². The fourth-order valence-corrected chi connectivity index (χ4v) is 3.35. The Hall–Kier alpha value is -2.41. The summed E-state index contributed by atoms with van der Waals surface area (Å²) in [6.07, 6.45) is 1.63. The molecular weight excluding hydrogens is 425 g/mol. The van der Waals surface area contributed by atoms with E-state index >= 15 is 0 Å². The average molecular weight is 446 g/mol. The average Bonchev–Trinajstić information content (AvgIpc) is 2.94. The van der Waals surface area contributed by atoms with Crippen molar-refractivity contribution < 1.29 is 0 Å². The molecule has 0 atom stereocenters. The van der Waals surface area contributed by atoms with Crippen molar-refractivity contribution in [2.75, 3.05) is 5.32 Å². The van der Waals surface area contributed by atoms with Crippen LogP contribution < -0.4 is 10.7 Å². The maximum Gasteiger partial charge on any atom is 0.191 e. The molecule has 0 aliphatic heterocycles. The van der Waals surface area contributed by atoms with Crippen LogP contribution in [0.4, 0.5) is 5.69 Å². The number of nitrogens with one attached hydrogen (secondary N) is 2. The number of aryl methyl sites for hydroxylation is 2. The van der Waals surface area contributed by atoms with Gasteiger partial charge in [-0.25, -0.2) is 4.68 Å². The molecular formula is C21H21Cl2N5S. The minimum Gasteiger partial charge on any atom is -0.331 e. The van der Waals surface area contributed by atoms with Crippen LogP contribution in [0.1, 0.15) is 27.9 Å². The Balaban J connectivity index is 1.66. The van der Waals surface area contributed by atoms with E-state index in [4.69, 9.17) is 35.4 Å². The standard InChI is InChI=1S/C21H21Cl2N5S/c1-13-5-4-6-19(14(13)2)25-21(29)26-24-11-18-15(3)27-28(20(18)23)12-16-7-9-17(22)10-8-16/h4-11H,12H2,1-3H3,(H2,25,26,29). The Morgan fingerprint density at radius 3 is 2.59 bits per heavy atom. The van der Waals surface area contributed by atoms with Gasteiger partial charge >= 0.3 is 0 Å². The molecule has 0 saturated heterocycles. The Kier molecular flexibility index (Phi) is 6.90. The van der Waals surface area contributed by atoms with E-state index in [1.807, 2.05) is 50.2 Å². The van der Waals surface area contributed by atoms with Gasteiger partial charge in [0.25, 0.3) is 0 Å². The van der Waals surface area contributed by atoms with Crippen molar-refractivity contribution in [2.45, 2.75) is 27.3 Å². The van der Waals surface area contributed by atoms with Crippen LogP contribution in [-0.2, 0) is 6.54 Å². The molecule has 0 fully saturated rings. The Morgan fingerprint density at radius 1 is 1.14 bits per heavy atom. The lowest BCUT2D eigenvalue weighted by Gasteiger charge is -2.11. The first-order chi connectivity index (χ1) is 13.8. The summed E-state index contributed by atoms with van der Waals surface area (Å²) in [5.74, 6) is 0. The zero-order valence-corrected chi connectivity index (χ0v) is 18.7. The number of benzene rings is 2. The van der Waals surface area contributed by atoms with Gasteiger partial charge in [-0.2, -0.15) is 10.2 Å². The second-order valence-corrected chi connectivity index (χ2v) is 7.85. The first-order valence-corrected chi connectivity index (χ1v) is 10.1. The van der Waals surface area contributed by atoms with Crippen molar-refractivity contribution in [1.82, 2.24) is 15.2 Å². The summed E-state index contributed by atoms with van der Waals surface area (Å²) in [5.41, 5.74) is 8.68. The van der Waals surface area contributed by atoms with Crippen molar-refractivity contribution in [1.29, 1.82) is 0 Å². The molecule has 0 radical (unpaired) electrons. The van der Waals surface area contributed by atoms with E-state index in [2.05, 4.69) is 33.9 Å². The topological polar surface area (TPSA) is 54.2 Å². The van der Waals surface area contributed by atoms with Gasteiger partial charge in [0, 0.05) is 10.7 Å². The number of halogens is 2. The van der Waals surface area contributed by atoms with E-state index in [1.54, 1.807) is 10.9 Å². The van der Waals surface area contributed by atoms with Crippen molar-refractivity contribution in [3.8, 4) is 0 Å². The number of rotatable bonds is 5.